The second-order valence-electron chi connectivity index (χ2n) is 16.6. The van der Waals surface area contributed by atoms with E-state index in [1.807, 2.05) is 42.5 Å². The molecule has 1 saturated carbocycles. The van der Waals surface area contributed by atoms with Crippen molar-refractivity contribution in [2.75, 3.05) is 0 Å². The van der Waals surface area contributed by atoms with Gasteiger partial charge < -0.3 is 8.98 Å². The first-order valence-corrected chi connectivity index (χ1v) is 21.2. The fourth-order valence-corrected chi connectivity index (χ4v) is 10.8. The van der Waals surface area contributed by atoms with Crippen LogP contribution in [0.1, 0.15) is 43.2 Å². The lowest BCUT2D eigenvalue weighted by molar-refractivity contribution is 0.354. The fourth-order valence-electron chi connectivity index (χ4n) is 10.8. The standard InChI is InChI=1S/C55H38N4O/c1-3-15-34(16-4-1)52-56-53(58-54(57-52)36-27-30-39-38-17-9-12-24-46(38)60-47(39)33-36)35-25-28-37(29-26-35)59-45-23-11-8-21-43(45)49-41-19-6-5-18-40(41)48-42-20-7-10-22-44(42)55(50(48)51(49)59)31-13-2-14-32-55/h1,3-12,15-30,33H,2,13-14,31-32H2. The highest BCUT2D eigenvalue weighted by Crippen LogP contribution is 2.61. The van der Waals surface area contributed by atoms with Gasteiger partial charge in [0.1, 0.15) is 11.2 Å². The molecule has 13 rings (SSSR count). The Hall–Kier alpha value is -7.37. The number of hydrogen-bond acceptors (Lipinski definition) is 4. The minimum absolute atomic E-state index is 0.0287. The highest BCUT2D eigenvalue weighted by molar-refractivity contribution is 6.27. The van der Waals surface area contributed by atoms with Crippen molar-refractivity contribution in [1.82, 2.24) is 19.5 Å². The van der Waals surface area contributed by atoms with Crippen LogP contribution in [0, 0.1) is 0 Å². The zero-order chi connectivity index (χ0) is 39.4. The summed E-state index contributed by atoms with van der Waals surface area (Å²) in [6.45, 7) is 0. The van der Waals surface area contributed by atoms with Crippen molar-refractivity contribution in [3.8, 4) is 51.0 Å². The molecule has 0 unspecified atom stereocenters. The average Bonchev–Trinajstić information content (AvgIpc) is 3.96. The van der Waals surface area contributed by atoms with Crippen LogP contribution in [0.5, 0.6) is 0 Å². The van der Waals surface area contributed by atoms with Gasteiger partial charge in [0.2, 0.25) is 0 Å². The maximum absolute atomic E-state index is 6.29. The molecule has 0 radical (unpaired) electrons. The first-order valence-electron chi connectivity index (χ1n) is 21.2. The van der Waals surface area contributed by atoms with Crippen LogP contribution in [0.2, 0.25) is 0 Å². The van der Waals surface area contributed by atoms with Gasteiger partial charge in [-0.05, 0) is 94.4 Å². The van der Waals surface area contributed by atoms with Gasteiger partial charge in [-0.3, -0.25) is 0 Å². The highest BCUT2D eigenvalue weighted by atomic mass is 16.3. The molecule has 3 heterocycles. The molecule has 0 N–H and O–H groups in total. The number of para-hydroxylation sites is 2. The van der Waals surface area contributed by atoms with Gasteiger partial charge in [0.05, 0.1) is 11.0 Å². The summed E-state index contributed by atoms with van der Waals surface area (Å²) in [5.74, 6) is 1.86. The van der Waals surface area contributed by atoms with E-state index in [4.69, 9.17) is 19.4 Å². The van der Waals surface area contributed by atoms with Gasteiger partial charge in [-0.2, -0.15) is 0 Å². The van der Waals surface area contributed by atoms with Crippen LogP contribution >= 0.6 is 0 Å². The predicted molar refractivity (Wildman–Crippen MR) is 245 cm³/mol. The maximum Gasteiger partial charge on any atom is 0.164 e. The molecule has 0 atom stereocenters. The minimum Gasteiger partial charge on any atom is -0.456 e. The topological polar surface area (TPSA) is 56.7 Å². The van der Waals surface area contributed by atoms with Gasteiger partial charge in [0, 0.05) is 49.3 Å². The first kappa shape index (κ1) is 33.6. The molecule has 5 nitrogen and oxygen atoms in total. The number of fused-ring (bicyclic) bond motifs is 15. The molecule has 8 aromatic carbocycles. The van der Waals surface area contributed by atoms with Gasteiger partial charge in [-0.15, -0.1) is 0 Å². The molecule has 1 fully saturated rings. The number of aromatic nitrogens is 4. The SMILES string of the molecule is c1ccc(-c2nc(-c3ccc(-n4c5ccccc5c5c6ccccc6c6c(c54)C4(CCCCC4)c4ccccc4-6)cc3)nc(-c3ccc4c(c3)oc3ccccc34)n2)cc1. The number of benzene rings is 8. The van der Waals surface area contributed by atoms with Crippen molar-refractivity contribution in [3.05, 3.63) is 181 Å². The zero-order valence-corrected chi connectivity index (χ0v) is 32.9. The van der Waals surface area contributed by atoms with E-state index < -0.39 is 0 Å². The maximum atomic E-state index is 6.29. The molecule has 0 amide bonds. The summed E-state index contributed by atoms with van der Waals surface area (Å²) < 4.78 is 8.84. The van der Waals surface area contributed by atoms with Crippen LogP contribution in [-0.2, 0) is 5.41 Å². The number of furan rings is 1. The van der Waals surface area contributed by atoms with E-state index in [1.54, 1.807) is 0 Å². The summed E-state index contributed by atoms with van der Waals surface area (Å²) in [5, 5.41) is 7.47. The molecule has 0 bridgehead atoms. The van der Waals surface area contributed by atoms with E-state index in [2.05, 4.69) is 132 Å². The lowest BCUT2D eigenvalue weighted by Gasteiger charge is -2.36. The fraction of sp³-hybridized carbons (Fsp3) is 0.109. The lowest BCUT2D eigenvalue weighted by atomic mass is 9.67. The van der Waals surface area contributed by atoms with Crippen LogP contribution in [-0.4, -0.2) is 19.5 Å². The van der Waals surface area contributed by atoms with Gasteiger partial charge in [0.25, 0.3) is 0 Å². The Morgan fingerprint density at radius 3 is 1.87 bits per heavy atom. The van der Waals surface area contributed by atoms with Crippen LogP contribution in [0.4, 0.5) is 0 Å². The Bertz CT molecular complexity index is 3520. The smallest absolute Gasteiger partial charge is 0.164 e. The second kappa shape index (κ2) is 12.8. The van der Waals surface area contributed by atoms with E-state index in [0.717, 1.165) is 44.3 Å². The van der Waals surface area contributed by atoms with Gasteiger partial charge in [-0.25, -0.2) is 15.0 Å². The van der Waals surface area contributed by atoms with Gasteiger partial charge in [-0.1, -0.05) is 141 Å². The average molecular weight is 771 g/mol. The van der Waals surface area contributed by atoms with Crippen molar-refractivity contribution < 1.29 is 4.42 Å². The Balaban J connectivity index is 1.02. The van der Waals surface area contributed by atoms with Gasteiger partial charge >= 0.3 is 0 Å². The Morgan fingerprint density at radius 1 is 0.467 bits per heavy atom. The Morgan fingerprint density at radius 2 is 1.07 bits per heavy atom. The molecule has 284 valence electrons. The first-order chi connectivity index (χ1) is 29.7. The Labute approximate surface area is 346 Å². The third-order valence-corrected chi connectivity index (χ3v) is 13.4. The molecule has 2 aliphatic carbocycles. The van der Waals surface area contributed by atoms with E-state index in [-0.39, 0.29) is 5.41 Å². The van der Waals surface area contributed by atoms with Crippen molar-refractivity contribution in [2.45, 2.75) is 37.5 Å². The molecular weight excluding hydrogens is 733 g/mol. The molecule has 0 aliphatic heterocycles. The summed E-state index contributed by atoms with van der Waals surface area (Å²) in [4.78, 5) is 15.3. The van der Waals surface area contributed by atoms with Crippen LogP contribution < -0.4 is 0 Å². The molecule has 5 heteroatoms. The highest BCUT2D eigenvalue weighted by Gasteiger charge is 2.46. The summed E-state index contributed by atoms with van der Waals surface area (Å²) in [6.07, 6.45) is 6.10. The third-order valence-electron chi connectivity index (χ3n) is 13.4. The predicted octanol–water partition coefficient (Wildman–Crippen LogP) is 14.3. The van der Waals surface area contributed by atoms with E-state index >= 15 is 0 Å². The normalized spacial score (nSPS) is 14.5. The summed E-state index contributed by atoms with van der Waals surface area (Å²) in [7, 11) is 0. The molecular formula is C55H38N4O. The monoisotopic (exact) mass is 770 g/mol. The van der Waals surface area contributed by atoms with Crippen LogP contribution in [0.25, 0.3) is 105 Å². The number of hydrogen-bond donors (Lipinski definition) is 0. The van der Waals surface area contributed by atoms with Crippen molar-refractivity contribution in [1.29, 1.82) is 0 Å². The molecule has 1 spiro atoms. The minimum atomic E-state index is -0.0287. The van der Waals surface area contributed by atoms with Crippen LogP contribution in [0.3, 0.4) is 0 Å². The van der Waals surface area contributed by atoms with E-state index in [9.17, 15) is 0 Å². The molecule has 60 heavy (non-hydrogen) atoms. The summed E-state index contributed by atoms with van der Waals surface area (Å²) >= 11 is 0. The summed E-state index contributed by atoms with van der Waals surface area (Å²) in [5.41, 5.74) is 13.9. The molecule has 2 aliphatic rings. The molecule has 0 saturated heterocycles. The van der Waals surface area contributed by atoms with Crippen molar-refractivity contribution >= 4 is 54.5 Å². The quantitative estimate of drug-likeness (QED) is 0.179. The third kappa shape index (κ3) is 4.77. The molecule has 3 aromatic heterocycles. The molecule has 11 aromatic rings. The van der Waals surface area contributed by atoms with Crippen molar-refractivity contribution in [3.63, 3.8) is 0 Å². The lowest BCUT2D eigenvalue weighted by Crippen LogP contribution is -2.28. The van der Waals surface area contributed by atoms with Gasteiger partial charge in [0.15, 0.2) is 17.5 Å². The van der Waals surface area contributed by atoms with Crippen molar-refractivity contribution in [2.24, 2.45) is 0 Å². The van der Waals surface area contributed by atoms with E-state index in [1.165, 1.54) is 86.9 Å². The van der Waals surface area contributed by atoms with E-state index in [0.29, 0.717) is 17.5 Å². The Kier molecular flexibility index (Phi) is 7.17. The number of nitrogens with zero attached hydrogens (tertiary/aromatic N) is 4. The van der Waals surface area contributed by atoms with Crippen LogP contribution in [0.15, 0.2) is 174 Å². The number of rotatable bonds is 4. The second-order valence-corrected chi connectivity index (χ2v) is 16.6. The summed E-state index contributed by atoms with van der Waals surface area (Å²) in [6, 6.07) is 60.8. The zero-order valence-electron chi connectivity index (χ0n) is 32.9. The largest absolute Gasteiger partial charge is 0.456 e.